The fourth-order valence-electron chi connectivity index (χ4n) is 4.28. The molecule has 1 saturated carbocycles. The van der Waals surface area contributed by atoms with Crippen molar-refractivity contribution in [2.24, 2.45) is 23.7 Å². The van der Waals surface area contributed by atoms with Crippen LogP contribution in [0.3, 0.4) is 0 Å². The van der Waals surface area contributed by atoms with Crippen molar-refractivity contribution in [3.05, 3.63) is 41.5 Å². The van der Waals surface area contributed by atoms with Crippen molar-refractivity contribution in [2.45, 2.75) is 13.3 Å². The fourth-order valence-corrected chi connectivity index (χ4v) is 4.28. The van der Waals surface area contributed by atoms with Gasteiger partial charge in [0.15, 0.2) is 0 Å². The van der Waals surface area contributed by atoms with Gasteiger partial charge in [-0.15, -0.1) is 0 Å². The van der Waals surface area contributed by atoms with E-state index in [0.29, 0.717) is 5.69 Å². The molecule has 1 aliphatic heterocycles. The molecule has 1 saturated heterocycles. The van der Waals surface area contributed by atoms with Crippen LogP contribution in [-0.2, 0) is 9.59 Å². The highest BCUT2D eigenvalue weighted by molar-refractivity contribution is 6.22. The lowest BCUT2D eigenvalue weighted by Gasteiger charge is -2.19. The number of carbonyl (C=O) groups excluding carboxylic acids is 2. The largest absolute Gasteiger partial charge is 0.478 e. The number of aromatic carboxylic acids is 1. The van der Waals surface area contributed by atoms with E-state index in [-0.39, 0.29) is 41.0 Å². The van der Waals surface area contributed by atoms with Crippen molar-refractivity contribution in [1.82, 2.24) is 0 Å². The molecule has 0 radical (unpaired) electrons. The highest BCUT2D eigenvalue weighted by Gasteiger charge is 2.60. The molecule has 5 nitrogen and oxygen atoms in total. The van der Waals surface area contributed by atoms with E-state index in [9.17, 15) is 14.4 Å². The highest BCUT2D eigenvalue weighted by atomic mass is 16.4. The Labute approximate surface area is 127 Å². The second kappa shape index (κ2) is 4.29. The van der Waals surface area contributed by atoms with Gasteiger partial charge < -0.3 is 5.11 Å². The lowest BCUT2D eigenvalue weighted by Crippen LogP contribution is -2.32. The molecule has 0 unspecified atom stereocenters. The molecule has 1 aromatic rings. The Bertz CT molecular complexity index is 734. The first kappa shape index (κ1) is 13.2. The topological polar surface area (TPSA) is 74.7 Å². The zero-order valence-electron chi connectivity index (χ0n) is 12.0. The van der Waals surface area contributed by atoms with Gasteiger partial charge in [0, 0.05) is 0 Å². The van der Waals surface area contributed by atoms with Crippen LogP contribution in [-0.4, -0.2) is 22.9 Å². The number of nitrogens with zero attached hydrogens (tertiary/aromatic N) is 1. The summed E-state index contributed by atoms with van der Waals surface area (Å²) in [6, 6.07) is 5.90. The van der Waals surface area contributed by atoms with Gasteiger partial charge in [-0.25, -0.2) is 4.79 Å². The molecule has 4 rings (SSSR count). The van der Waals surface area contributed by atoms with Crippen molar-refractivity contribution in [2.75, 3.05) is 4.90 Å². The summed E-state index contributed by atoms with van der Waals surface area (Å²) in [6.45, 7) is 2.03. The summed E-state index contributed by atoms with van der Waals surface area (Å²) in [4.78, 5) is 37.5. The predicted octanol–water partition coefficient (Wildman–Crippen LogP) is 2.09. The number of allylic oxidation sites excluding steroid dienone is 2. The minimum atomic E-state index is -1.03. The number of carbonyl (C=O) groups is 3. The van der Waals surface area contributed by atoms with Crippen molar-refractivity contribution in [1.29, 1.82) is 0 Å². The molecule has 3 aliphatic rings. The van der Waals surface area contributed by atoms with E-state index >= 15 is 0 Å². The molecule has 2 bridgehead atoms. The first-order chi connectivity index (χ1) is 10.5. The van der Waals surface area contributed by atoms with Gasteiger partial charge in [-0.05, 0) is 49.4 Å². The lowest BCUT2D eigenvalue weighted by atomic mass is 9.82. The first-order valence-electron chi connectivity index (χ1n) is 7.38. The number of hydrogen-bond donors (Lipinski definition) is 1. The summed E-state index contributed by atoms with van der Waals surface area (Å²) in [5.41, 5.74) is 1.82. The van der Waals surface area contributed by atoms with Crippen LogP contribution in [0.15, 0.2) is 35.9 Å². The molecule has 1 heterocycles. The monoisotopic (exact) mass is 297 g/mol. The number of rotatable bonds is 2. The molecule has 0 spiro atoms. The number of carboxylic acid groups (broad SMARTS) is 1. The minimum Gasteiger partial charge on any atom is -0.478 e. The number of hydrogen-bond acceptors (Lipinski definition) is 3. The standard InChI is InChI=1S/C17H15NO4/c1-8-6-10-7-12(8)14-13(10)15(19)18(16(14)20)11-4-2-9(3-5-11)17(21)22/h2-6,10,12-14H,7H2,1H3,(H,21,22)/t10-,12-,13-,14-/m0/s1. The second-order valence-electron chi connectivity index (χ2n) is 6.33. The van der Waals surface area contributed by atoms with Gasteiger partial charge in [-0.1, -0.05) is 11.6 Å². The molecular weight excluding hydrogens is 282 g/mol. The summed E-state index contributed by atoms with van der Waals surface area (Å²) in [7, 11) is 0. The summed E-state index contributed by atoms with van der Waals surface area (Å²) in [6.07, 6.45) is 3.04. The maximum Gasteiger partial charge on any atom is 0.335 e. The van der Waals surface area contributed by atoms with E-state index in [1.807, 2.05) is 6.92 Å². The number of fused-ring (bicyclic) bond motifs is 5. The zero-order chi connectivity index (χ0) is 15.6. The van der Waals surface area contributed by atoms with Crippen LogP contribution in [0.2, 0.25) is 0 Å². The number of anilines is 1. The molecule has 22 heavy (non-hydrogen) atoms. The average Bonchev–Trinajstić information content (AvgIpc) is 3.11. The van der Waals surface area contributed by atoms with E-state index in [1.54, 1.807) is 0 Å². The highest BCUT2D eigenvalue weighted by Crippen LogP contribution is 2.55. The maximum atomic E-state index is 12.7. The molecule has 112 valence electrons. The van der Waals surface area contributed by atoms with Gasteiger partial charge in [-0.2, -0.15) is 0 Å². The summed E-state index contributed by atoms with van der Waals surface area (Å²) >= 11 is 0. The number of benzene rings is 1. The zero-order valence-corrected chi connectivity index (χ0v) is 12.0. The molecule has 2 amide bonds. The smallest absolute Gasteiger partial charge is 0.335 e. The minimum absolute atomic E-state index is 0.139. The summed E-state index contributed by atoms with van der Waals surface area (Å²) in [5.74, 6) is -1.42. The van der Waals surface area contributed by atoms with Gasteiger partial charge in [0.25, 0.3) is 0 Å². The molecule has 5 heteroatoms. The van der Waals surface area contributed by atoms with Crippen LogP contribution in [0.4, 0.5) is 5.69 Å². The first-order valence-corrected chi connectivity index (χ1v) is 7.38. The third kappa shape index (κ3) is 1.56. The Kier molecular flexibility index (Phi) is 2.58. The second-order valence-corrected chi connectivity index (χ2v) is 6.33. The molecule has 1 N–H and O–H groups in total. The lowest BCUT2D eigenvalue weighted by molar-refractivity contribution is -0.123. The fraction of sp³-hybridized carbons (Fsp3) is 0.353. The van der Waals surface area contributed by atoms with Crippen molar-refractivity contribution in [3.8, 4) is 0 Å². The van der Waals surface area contributed by atoms with Gasteiger partial charge >= 0.3 is 5.97 Å². The summed E-state index contributed by atoms with van der Waals surface area (Å²) in [5, 5.41) is 8.93. The van der Waals surface area contributed by atoms with Crippen LogP contribution in [0.25, 0.3) is 0 Å². The quantitative estimate of drug-likeness (QED) is 0.670. The Balaban J connectivity index is 1.69. The normalized spacial score (nSPS) is 32.4. The number of imide groups is 1. The molecular formula is C17H15NO4. The van der Waals surface area contributed by atoms with Crippen LogP contribution in [0, 0.1) is 23.7 Å². The Hall–Kier alpha value is -2.43. The average molecular weight is 297 g/mol. The third-order valence-electron chi connectivity index (χ3n) is 5.25. The van der Waals surface area contributed by atoms with Crippen LogP contribution in [0.1, 0.15) is 23.7 Å². The Morgan fingerprint density at radius 1 is 1.14 bits per heavy atom. The van der Waals surface area contributed by atoms with Gasteiger partial charge in [0.1, 0.15) is 0 Å². The summed E-state index contributed by atoms with van der Waals surface area (Å²) < 4.78 is 0. The molecule has 2 aliphatic carbocycles. The van der Waals surface area contributed by atoms with E-state index in [0.717, 1.165) is 6.42 Å². The molecule has 1 aromatic carbocycles. The van der Waals surface area contributed by atoms with Crippen LogP contribution in [0.5, 0.6) is 0 Å². The van der Waals surface area contributed by atoms with Gasteiger partial charge in [-0.3, -0.25) is 14.5 Å². The van der Waals surface area contributed by atoms with E-state index in [2.05, 4.69) is 6.08 Å². The number of amides is 2. The van der Waals surface area contributed by atoms with Gasteiger partial charge in [0.2, 0.25) is 11.8 Å². The molecule has 4 atom stereocenters. The number of carboxylic acids is 1. The SMILES string of the molecule is CC1=C[C@H]2C[C@@H]1[C@@H]1C(=O)N(c3ccc(C(=O)O)cc3)C(=O)[C@H]12. The maximum absolute atomic E-state index is 12.7. The third-order valence-corrected chi connectivity index (χ3v) is 5.25. The van der Waals surface area contributed by atoms with Crippen LogP contribution < -0.4 is 4.90 Å². The van der Waals surface area contributed by atoms with Crippen molar-refractivity contribution >= 4 is 23.5 Å². The Morgan fingerprint density at radius 3 is 2.41 bits per heavy atom. The van der Waals surface area contributed by atoms with Crippen molar-refractivity contribution in [3.63, 3.8) is 0 Å². The van der Waals surface area contributed by atoms with E-state index in [4.69, 9.17) is 5.11 Å². The van der Waals surface area contributed by atoms with E-state index in [1.165, 1.54) is 34.7 Å². The molecule has 0 aromatic heterocycles. The Morgan fingerprint density at radius 2 is 1.77 bits per heavy atom. The van der Waals surface area contributed by atoms with E-state index < -0.39 is 5.97 Å². The van der Waals surface area contributed by atoms with Crippen molar-refractivity contribution < 1.29 is 19.5 Å². The van der Waals surface area contributed by atoms with Crippen LogP contribution >= 0.6 is 0 Å². The molecule has 2 fully saturated rings. The predicted molar refractivity (Wildman–Crippen MR) is 78.2 cm³/mol. The van der Waals surface area contributed by atoms with Gasteiger partial charge in [0.05, 0.1) is 23.1 Å².